The van der Waals surface area contributed by atoms with Crippen LogP contribution in [0.5, 0.6) is 5.75 Å². The molecule has 0 saturated carbocycles. The van der Waals surface area contributed by atoms with Crippen LogP contribution in [0.25, 0.3) is 6.08 Å². The standard InChI is InChI=1S/C16H16ClF3N2O5/c1-15(2,3)10-6-12-8(5-11(10)17)4-9(13(27-12)16(18,19)20)14(23)25-7-26-22-21-24/h4-6,13H,7H2,1-3H3,(H,22,24)/t13-/m0/s1. The van der Waals surface area contributed by atoms with E-state index in [0.717, 1.165) is 6.08 Å². The van der Waals surface area contributed by atoms with E-state index < -0.39 is 36.0 Å². The molecule has 1 aliphatic rings. The predicted octanol–water partition coefficient (Wildman–Crippen LogP) is 4.62. The van der Waals surface area contributed by atoms with Gasteiger partial charge in [0.1, 0.15) is 5.75 Å². The van der Waals surface area contributed by atoms with Crippen LogP contribution in [0.2, 0.25) is 5.02 Å². The molecule has 7 nitrogen and oxygen atoms in total. The van der Waals surface area contributed by atoms with Gasteiger partial charge in [-0.25, -0.2) is 4.79 Å². The van der Waals surface area contributed by atoms with Crippen LogP contribution in [0, 0.1) is 0 Å². The van der Waals surface area contributed by atoms with Gasteiger partial charge in [0.05, 0.1) is 16.1 Å². The highest BCUT2D eigenvalue weighted by molar-refractivity contribution is 6.31. The fourth-order valence-corrected chi connectivity index (χ4v) is 2.87. The van der Waals surface area contributed by atoms with Gasteiger partial charge in [-0.05, 0) is 29.2 Å². The van der Waals surface area contributed by atoms with Crippen molar-refractivity contribution in [3.05, 3.63) is 33.9 Å². The van der Waals surface area contributed by atoms with E-state index in [0.29, 0.717) is 10.6 Å². The average Bonchev–Trinajstić information content (AvgIpc) is 2.55. The van der Waals surface area contributed by atoms with Gasteiger partial charge in [-0.1, -0.05) is 32.4 Å². The summed E-state index contributed by atoms with van der Waals surface area (Å²) in [4.78, 5) is 16.2. The maximum atomic E-state index is 13.4. The van der Waals surface area contributed by atoms with Gasteiger partial charge in [-0.2, -0.15) is 13.2 Å². The Labute approximate surface area is 157 Å². The number of benzene rings is 1. The summed E-state index contributed by atoms with van der Waals surface area (Å²) in [6.45, 7) is 4.72. The lowest BCUT2D eigenvalue weighted by atomic mass is 9.85. The molecule has 0 saturated heterocycles. The second-order valence-electron chi connectivity index (χ2n) is 6.61. The fraction of sp³-hybridized carbons (Fsp3) is 0.438. The minimum atomic E-state index is -4.87. The summed E-state index contributed by atoms with van der Waals surface area (Å²) in [7, 11) is 0. The van der Waals surface area contributed by atoms with Crippen LogP contribution in [0.1, 0.15) is 31.9 Å². The molecule has 0 bridgehead atoms. The molecule has 1 aromatic rings. The van der Waals surface area contributed by atoms with E-state index in [4.69, 9.17) is 21.5 Å². The molecular formula is C16H16ClF3N2O5. The molecule has 1 N–H and O–H groups in total. The normalized spacial score (nSPS) is 17.1. The highest BCUT2D eigenvalue weighted by Crippen LogP contribution is 2.42. The molecule has 0 spiro atoms. The van der Waals surface area contributed by atoms with Gasteiger partial charge in [0.2, 0.25) is 6.10 Å². The van der Waals surface area contributed by atoms with E-state index in [1.165, 1.54) is 12.1 Å². The molecule has 1 heterocycles. The fourth-order valence-electron chi connectivity index (χ4n) is 2.41. The molecule has 1 aromatic carbocycles. The van der Waals surface area contributed by atoms with E-state index in [1.54, 1.807) is 0 Å². The molecule has 1 aliphatic heterocycles. The largest absolute Gasteiger partial charge is 0.475 e. The minimum absolute atomic E-state index is 0.0477. The summed E-state index contributed by atoms with van der Waals surface area (Å²) in [6.07, 6.45) is -6.38. The Kier molecular flexibility index (Phi) is 5.88. The zero-order valence-corrected chi connectivity index (χ0v) is 15.3. The summed E-state index contributed by atoms with van der Waals surface area (Å²) in [6, 6.07) is 2.85. The molecular weight excluding hydrogens is 393 g/mol. The van der Waals surface area contributed by atoms with Gasteiger partial charge >= 0.3 is 12.1 Å². The highest BCUT2D eigenvalue weighted by Gasteiger charge is 2.49. The number of hydrogen-bond acceptors (Lipinski definition) is 6. The van der Waals surface area contributed by atoms with Crippen LogP contribution in [0.15, 0.2) is 28.3 Å². The summed E-state index contributed by atoms with van der Waals surface area (Å²) >= 11 is 6.23. The van der Waals surface area contributed by atoms with E-state index in [9.17, 15) is 18.0 Å². The second kappa shape index (κ2) is 7.63. The Balaban J connectivity index is 2.43. The SMILES string of the molecule is CC(C)(C)c1cc2c(cc1Cl)C=C(C(=O)OCO/N=N\O)[C@@H](C(F)(F)F)O2. The van der Waals surface area contributed by atoms with Crippen molar-refractivity contribution < 1.29 is 37.5 Å². The van der Waals surface area contributed by atoms with Gasteiger partial charge in [0.25, 0.3) is 6.79 Å². The number of fused-ring (bicyclic) bond motifs is 1. The first-order valence-electron chi connectivity index (χ1n) is 7.57. The summed E-state index contributed by atoms with van der Waals surface area (Å²) in [5, 5.41) is 13.3. The first kappa shape index (κ1) is 20.8. The van der Waals surface area contributed by atoms with E-state index in [-0.39, 0.29) is 11.3 Å². The number of nitrogens with zero attached hydrogens (tertiary/aromatic N) is 2. The van der Waals surface area contributed by atoms with Crippen molar-refractivity contribution in [2.24, 2.45) is 10.6 Å². The maximum Gasteiger partial charge on any atom is 0.430 e. The highest BCUT2D eigenvalue weighted by atomic mass is 35.5. The quantitative estimate of drug-likeness (QED) is 0.258. The molecule has 27 heavy (non-hydrogen) atoms. The van der Waals surface area contributed by atoms with Crippen molar-refractivity contribution in [1.82, 2.24) is 0 Å². The van der Waals surface area contributed by atoms with Crippen molar-refractivity contribution >= 4 is 23.6 Å². The molecule has 2 rings (SSSR count). The molecule has 0 radical (unpaired) electrons. The van der Waals surface area contributed by atoms with Gasteiger partial charge < -0.3 is 19.5 Å². The maximum absolute atomic E-state index is 13.4. The molecule has 0 fully saturated rings. The average molecular weight is 409 g/mol. The Bertz CT molecular complexity index is 787. The lowest BCUT2D eigenvalue weighted by molar-refractivity contribution is -0.190. The number of hydrogen-bond donors (Lipinski definition) is 1. The topological polar surface area (TPSA) is 89.7 Å². The van der Waals surface area contributed by atoms with Gasteiger partial charge in [0.15, 0.2) is 0 Å². The van der Waals surface area contributed by atoms with E-state index >= 15 is 0 Å². The molecule has 0 aromatic heterocycles. The number of ether oxygens (including phenoxy) is 2. The zero-order valence-electron chi connectivity index (χ0n) is 14.5. The molecule has 11 heteroatoms. The van der Waals surface area contributed by atoms with Gasteiger partial charge in [-0.3, -0.25) is 0 Å². The lowest BCUT2D eigenvalue weighted by Gasteiger charge is -2.30. The number of carbonyl (C=O) groups is 1. The van der Waals surface area contributed by atoms with Crippen molar-refractivity contribution in [3.8, 4) is 5.75 Å². The monoisotopic (exact) mass is 408 g/mol. The first-order valence-corrected chi connectivity index (χ1v) is 7.95. The number of halogens is 4. The van der Waals surface area contributed by atoms with Crippen LogP contribution in [0.4, 0.5) is 13.2 Å². The van der Waals surface area contributed by atoms with Gasteiger partial charge in [0, 0.05) is 10.6 Å². The second-order valence-corrected chi connectivity index (χ2v) is 7.02. The smallest absolute Gasteiger partial charge is 0.430 e. The van der Waals surface area contributed by atoms with E-state index in [1.807, 2.05) is 20.8 Å². The van der Waals surface area contributed by atoms with Crippen molar-refractivity contribution in [2.75, 3.05) is 6.79 Å². The van der Waals surface area contributed by atoms with Crippen LogP contribution in [-0.4, -0.2) is 30.2 Å². The summed E-state index contributed by atoms with van der Waals surface area (Å²) in [5.74, 6) is -1.37. The van der Waals surface area contributed by atoms with Crippen molar-refractivity contribution in [1.29, 1.82) is 0 Å². The summed E-state index contributed by atoms with van der Waals surface area (Å²) < 4.78 is 49.8. The minimum Gasteiger partial charge on any atom is -0.475 e. The van der Waals surface area contributed by atoms with Crippen LogP contribution in [-0.2, 0) is 19.8 Å². The van der Waals surface area contributed by atoms with Gasteiger partial charge in [-0.15, -0.1) is 0 Å². The van der Waals surface area contributed by atoms with Crippen molar-refractivity contribution in [2.45, 2.75) is 38.5 Å². The van der Waals surface area contributed by atoms with Crippen molar-refractivity contribution in [3.63, 3.8) is 0 Å². The van der Waals surface area contributed by atoms with Crippen LogP contribution < -0.4 is 4.74 Å². The zero-order chi connectivity index (χ0) is 20.4. The third-order valence-corrected chi connectivity index (χ3v) is 3.93. The number of carbonyl (C=O) groups excluding carboxylic acids is 1. The van der Waals surface area contributed by atoms with Crippen LogP contribution in [0.3, 0.4) is 0 Å². The Morgan fingerprint density at radius 1 is 1.33 bits per heavy atom. The third-order valence-electron chi connectivity index (χ3n) is 3.62. The summed E-state index contributed by atoms with van der Waals surface area (Å²) in [5.41, 5.74) is -0.397. The molecule has 0 amide bonds. The lowest BCUT2D eigenvalue weighted by Crippen LogP contribution is -2.41. The number of esters is 1. The Hall–Kier alpha value is -2.49. The van der Waals surface area contributed by atoms with Crippen LogP contribution >= 0.6 is 11.6 Å². The number of rotatable bonds is 4. The molecule has 0 aliphatic carbocycles. The van der Waals surface area contributed by atoms with E-state index in [2.05, 4.69) is 20.1 Å². The predicted molar refractivity (Wildman–Crippen MR) is 87.3 cm³/mol. The Morgan fingerprint density at radius 2 is 2.00 bits per heavy atom. The third kappa shape index (κ3) is 4.82. The molecule has 0 unspecified atom stereocenters. The molecule has 148 valence electrons. The Morgan fingerprint density at radius 3 is 2.56 bits per heavy atom. The first-order chi connectivity index (χ1) is 12.4. The number of alkyl halides is 3. The molecule has 1 atom stereocenters.